The van der Waals surface area contributed by atoms with E-state index in [4.69, 9.17) is 4.74 Å². The molecule has 1 atom stereocenters. The van der Waals surface area contributed by atoms with Crippen molar-refractivity contribution in [1.29, 1.82) is 0 Å². The maximum absolute atomic E-state index is 13.0. The van der Waals surface area contributed by atoms with Gasteiger partial charge in [-0.3, -0.25) is 9.59 Å². The third-order valence-corrected chi connectivity index (χ3v) is 5.04. The molecule has 0 aliphatic carbocycles. The zero-order chi connectivity index (χ0) is 20.0. The number of amides is 2. The van der Waals surface area contributed by atoms with Gasteiger partial charge >= 0.3 is 5.97 Å². The molecule has 27 heavy (non-hydrogen) atoms. The van der Waals surface area contributed by atoms with Crippen molar-refractivity contribution in [2.45, 2.75) is 53.4 Å². The first-order valence-corrected chi connectivity index (χ1v) is 9.83. The smallest absolute Gasteiger partial charge is 0.340 e. The van der Waals surface area contributed by atoms with E-state index in [1.54, 1.807) is 25.7 Å². The van der Waals surface area contributed by atoms with Crippen molar-refractivity contribution in [3.05, 3.63) is 22.5 Å². The second-order valence-electron chi connectivity index (χ2n) is 7.08. The van der Waals surface area contributed by atoms with E-state index in [-0.39, 0.29) is 24.3 Å². The second kappa shape index (κ2) is 9.58. The van der Waals surface area contributed by atoms with Gasteiger partial charge in [-0.05, 0) is 45.6 Å². The molecule has 1 aromatic heterocycles. The fourth-order valence-corrected chi connectivity index (χ4v) is 3.54. The van der Waals surface area contributed by atoms with Crippen LogP contribution in [0.5, 0.6) is 0 Å². The van der Waals surface area contributed by atoms with Gasteiger partial charge in [0.2, 0.25) is 5.91 Å². The Hall–Kier alpha value is -2.31. The van der Waals surface area contributed by atoms with Gasteiger partial charge in [-0.15, -0.1) is 0 Å². The van der Waals surface area contributed by atoms with E-state index in [1.807, 2.05) is 0 Å². The average molecular weight is 377 g/mol. The molecule has 7 heteroatoms. The number of nitrogens with zero attached hydrogens (tertiary/aromatic N) is 1. The Labute approximate surface area is 160 Å². The fraction of sp³-hybridized carbons (Fsp3) is 0.650. The monoisotopic (exact) mass is 377 g/mol. The van der Waals surface area contributed by atoms with Gasteiger partial charge in [0.05, 0.1) is 18.1 Å². The fourth-order valence-electron chi connectivity index (χ4n) is 3.54. The van der Waals surface area contributed by atoms with Crippen LogP contribution in [0.2, 0.25) is 0 Å². The predicted octanol–water partition coefficient (Wildman–Crippen LogP) is 2.58. The highest BCUT2D eigenvalue weighted by molar-refractivity contribution is 6.00. The molecule has 2 amide bonds. The number of hydrogen-bond donors (Lipinski definition) is 2. The van der Waals surface area contributed by atoms with Crippen molar-refractivity contribution in [3.8, 4) is 0 Å². The summed E-state index contributed by atoms with van der Waals surface area (Å²) in [5, 5.41) is 2.96. The average Bonchev–Trinajstić information content (AvgIpc) is 2.95. The molecule has 0 radical (unpaired) electrons. The van der Waals surface area contributed by atoms with Crippen molar-refractivity contribution in [1.82, 2.24) is 15.2 Å². The zero-order valence-electron chi connectivity index (χ0n) is 16.8. The summed E-state index contributed by atoms with van der Waals surface area (Å²) in [6.07, 6.45) is 3.57. The molecule has 1 fully saturated rings. The molecule has 0 unspecified atom stereocenters. The normalized spacial score (nSPS) is 16.9. The molecule has 0 bridgehead atoms. The number of esters is 1. The van der Waals surface area contributed by atoms with E-state index in [9.17, 15) is 14.4 Å². The van der Waals surface area contributed by atoms with Crippen LogP contribution in [0.3, 0.4) is 0 Å². The predicted molar refractivity (Wildman–Crippen MR) is 103 cm³/mol. The summed E-state index contributed by atoms with van der Waals surface area (Å²) >= 11 is 0. The highest BCUT2D eigenvalue weighted by Gasteiger charge is 2.31. The summed E-state index contributed by atoms with van der Waals surface area (Å²) < 4.78 is 5.09. The van der Waals surface area contributed by atoms with Gasteiger partial charge in [0.1, 0.15) is 5.69 Å². The van der Waals surface area contributed by atoms with Gasteiger partial charge < -0.3 is 19.9 Å². The lowest BCUT2D eigenvalue weighted by molar-refractivity contribution is -0.126. The molecule has 0 spiro atoms. The van der Waals surface area contributed by atoms with Gasteiger partial charge in [-0.1, -0.05) is 13.3 Å². The molecule has 1 aliphatic rings. The van der Waals surface area contributed by atoms with Crippen molar-refractivity contribution in [3.63, 3.8) is 0 Å². The molecule has 1 saturated heterocycles. The number of aromatic amines is 1. The number of rotatable bonds is 7. The first-order valence-electron chi connectivity index (χ1n) is 9.83. The highest BCUT2D eigenvalue weighted by Crippen LogP contribution is 2.23. The maximum Gasteiger partial charge on any atom is 0.340 e. The topological polar surface area (TPSA) is 91.5 Å². The highest BCUT2D eigenvalue weighted by atomic mass is 16.5. The standard InChI is InChI=1S/C20H31N3O4/c1-5-7-10-21-18(24)15-9-8-11-23(12-15)19(25)17-13(3)16(14(4)22-17)20(26)27-6-2/h15,22H,5-12H2,1-4H3,(H,21,24)/t15-/m1/s1. The van der Waals surface area contributed by atoms with Gasteiger partial charge in [0.15, 0.2) is 0 Å². The van der Waals surface area contributed by atoms with Crippen LogP contribution < -0.4 is 5.32 Å². The van der Waals surface area contributed by atoms with Crippen LogP contribution in [0, 0.1) is 19.8 Å². The molecule has 1 aromatic rings. The first kappa shape index (κ1) is 21.0. The SMILES string of the molecule is CCCCNC(=O)[C@@H]1CCCN(C(=O)c2[nH]c(C)c(C(=O)OCC)c2C)C1. The molecule has 2 rings (SSSR count). The van der Waals surface area contributed by atoms with E-state index in [0.29, 0.717) is 42.1 Å². The summed E-state index contributed by atoms with van der Waals surface area (Å²) in [5.41, 5.74) is 2.05. The van der Waals surface area contributed by atoms with Crippen LogP contribution in [0.4, 0.5) is 0 Å². The third-order valence-electron chi connectivity index (χ3n) is 5.04. The molecular formula is C20H31N3O4. The van der Waals surface area contributed by atoms with E-state index in [2.05, 4.69) is 17.2 Å². The number of carbonyl (C=O) groups is 3. The van der Waals surface area contributed by atoms with Crippen molar-refractivity contribution < 1.29 is 19.1 Å². The lowest BCUT2D eigenvalue weighted by atomic mass is 9.96. The number of likely N-dealkylation sites (tertiary alicyclic amines) is 1. The van der Waals surface area contributed by atoms with Gasteiger partial charge in [0.25, 0.3) is 5.91 Å². The lowest BCUT2D eigenvalue weighted by Gasteiger charge is -2.32. The summed E-state index contributed by atoms with van der Waals surface area (Å²) in [4.78, 5) is 42.2. The van der Waals surface area contributed by atoms with Crippen LogP contribution in [-0.2, 0) is 9.53 Å². The number of H-pyrrole nitrogens is 1. The third kappa shape index (κ3) is 4.90. The molecule has 150 valence electrons. The number of carbonyl (C=O) groups excluding carboxylic acids is 3. The number of piperidine rings is 1. The Morgan fingerprint density at radius 2 is 2.00 bits per heavy atom. The molecule has 0 aromatic carbocycles. The van der Waals surface area contributed by atoms with Gasteiger partial charge in [-0.25, -0.2) is 4.79 Å². The molecular weight excluding hydrogens is 346 g/mol. The molecule has 2 heterocycles. The van der Waals surface area contributed by atoms with Crippen LogP contribution >= 0.6 is 0 Å². The minimum Gasteiger partial charge on any atom is -0.462 e. The first-order chi connectivity index (χ1) is 12.9. The molecule has 1 aliphatic heterocycles. The number of aryl methyl sites for hydroxylation is 1. The number of nitrogens with one attached hydrogen (secondary N) is 2. The Morgan fingerprint density at radius 3 is 2.67 bits per heavy atom. The number of ether oxygens (including phenoxy) is 1. The zero-order valence-corrected chi connectivity index (χ0v) is 16.8. The van der Waals surface area contributed by atoms with Crippen LogP contribution in [-0.4, -0.2) is 53.9 Å². The quantitative estimate of drug-likeness (QED) is 0.564. The summed E-state index contributed by atoms with van der Waals surface area (Å²) in [5.74, 6) is -0.750. The van der Waals surface area contributed by atoms with Crippen LogP contribution in [0.1, 0.15) is 71.6 Å². The minimum atomic E-state index is -0.422. The largest absolute Gasteiger partial charge is 0.462 e. The number of aromatic nitrogens is 1. The Kier molecular flexibility index (Phi) is 7.45. The maximum atomic E-state index is 13.0. The van der Waals surface area contributed by atoms with Gasteiger partial charge in [0, 0.05) is 25.3 Å². The van der Waals surface area contributed by atoms with E-state index in [1.165, 1.54) is 0 Å². The summed E-state index contributed by atoms with van der Waals surface area (Å²) in [6, 6.07) is 0. The van der Waals surface area contributed by atoms with E-state index >= 15 is 0 Å². The minimum absolute atomic E-state index is 0.0209. The summed E-state index contributed by atoms with van der Waals surface area (Å²) in [6.45, 7) is 9.33. The molecule has 7 nitrogen and oxygen atoms in total. The van der Waals surface area contributed by atoms with E-state index < -0.39 is 5.97 Å². The van der Waals surface area contributed by atoms with Crippen molar-refractivity contribution in [2.75, 3.05) is 26.2 Å². The van der Waals surface area contributed by atoms with Crippen molar-refractivity contribution >= 4 is 17.8 Å². The summed E-state index contributed by atoms with van der Waals surface area (Å²) in [7, 11) is 0. The Bertz CT molecular complexity index is 696. The number of hydrogen-bond acceptors (Lipinski definition) is 4. The van der Waals surface area contributed by atoms with Gasteiger partial charge in [-0.2, -0.15) is 0 Å². The molecule has 2 N–H and O–H groups in total. The molecule has 0 saturated carbocycles. The van der Waals surface area contributed by atoms with E-state index in [0.717, 1.165) is 25.7 Å². The number of unbranched alkanes of at least 4 members (excludes halogenated alkanes) is 1. The van der Waals surface area contributed by atoms with Crippen molar-refractivity contribution in [2.24, 2.45) is 5.92 Å². The Balaban J connectivity index is 2.10. The van der Waals surface area contributed by atoms with Crippen LogP contribution in [0.25, 0.3) is 0 Å². The second-order valence-corrected chi connectivity index (χ2v) is 7.08. The Morgan fingerprint density at radius 1 is 1.26 bits per heavy atom. The lowest BCUT2D eigenvalue weighted by Crippen LogP contribution is -2.45. The van der Waals surface area contributed by atoms with Crippen LogP contribution in [0.15, 0.2) is 0 Å².